The lowest BCUT2D eigenvalue weighted by Gasteiger charge is -2.19. The molecular formula is C25H22N4O2S2. The maximum atomic E-state index is 13.1. The van der Waals surface area contributed by atoms with Gasteiger partial charge in [0.2, 0.25) is 0 Å². The van der Waals surface area contributed by atoms with Crippen LogP contribution in [0.2, 0.25) is 0 Å². The van der Waals surface area contributed by atoms with E-state index in [1.165, 1.54) is 23.1 Å². The van der Waals surface area contributed by atoms with Gasteiger partial charge in [0, 0.05) is 22.0 Å². The van der Waals surface area contributed by atoms with Gasteiger partial charge in [0.25, 0.3) is 11.8 Å². The smallest absolute Gasteiger partial charge is 0.262 e. The highest BCUT2D eigenvalue weighted by molar-refractivity contribution is 7.99. The summed E-state index contributed by atoms with van der Waals surface area (Å²) >= 11 is 2.79. The molecule has 8 heteroatoms. The van der Waals surface area contributed by atoms with Gasteiger partial charge >= 0.3 is 0 Å². The van der Waals surface area contributed by atoms with Crippen LogP contribution in [0.25, 0.3) is 0 Å². The predicted molar refractivity (Wildman–Crippen MR) is 132 cm³/mol. The number of thiophene rings is 1. The molecule has 0 aliphatic rings. The molecule has 0 fully saturated rings. The summed E-state index contributed by atoms with van der Waals surface area (Å²) in [6, 6.07) is 21.3. The zero-order valence-corrected chi connectivity index (χ0v) is 19.7. The summed E-state index contributed by atoms with van der Waals surface area (Å²) in [4.78, 5) is 36.2. The van der Waals surface area contributed by atoms with Gasteiger partial charge in [0.05, 0.1) is 4.88 Å². The van der Waals surface area contributed by atoms with Crippen molar-refractivity contribution in [2.24, 2.45) is 0 Å². The Kier molecular flexibility index (Phi) is 7.16. The van der Waals surface area contributed by atoms with Gasteiger partial charge in [0.1, 0.15) is 6.04 Å². The highest BCUT2D eigenvalue weighted by Gasteiger charge is 2.23. The molecule has 33 heavy (non-hydrogen) atoms. The van der Waals surface area contributed by atoms with Gasteiger partial charge < -0.3 is 10.6 Å². The summed E-state index contributed by atoms with van der Waals surface area (Å²) in [5, 5.41) is 8.27. The van der Waals surface area contributed by atoms with Crippen LogP contribution in [0.1, 0.15) is 32.7 Å². The van der Waals surface area contributed by atoms with E-state index in [2.05, 4.69) is 20.6 Å². The van der Waals surface area contributed by atoms with Crippen LogP contribution in [0, 0.1) is 13.8 Å². The van der Waals surface area contributed by atoms with Crippen molar-refractivity contribution in [3.05, 3.63) is 100 Å². The third kappa shape index (κ3) is 6.06. The van der Waals surface area contributed by atoms with Crippen LogP contribution >= 0.6 is 23.1 Å². The van der Waals surface area contributed by atoms with E-state index in [4.69, 9.17) is 0 Å². The Morgan fingerprint density at radius 2 is 1.61 bits per heavy atom. The number of carbonyl (C=O) groups is 2. The molecule has 0 spiro atoms. The molecule has 6 nitrogen and oxygen atoms in total. The fourth-order valence-electron chi connectivity index (χ4n) is 3.22. The van der Waals surface area contributed by atoms with E-state index in [1.807, 2.05) is 79.9 Å². The molecule has 166 valence electrons. The van der Waals surface area contributed by atoms with Crippen LogP contribution in [0.15, 0.2) is 88.2 Å². The Balaban J connectivity index is 1.47. The fraction of sp³-hybridized carbons (Fsp3) is 0.120. The first-order valence-corrected chi connectivity index (χ1v) is 12.0. The quantitative estimate of drug-likeness (QED) is 0.350. The maximum Gasteiger partial charge on any atom is 0.262 e. The average Bonchev–Trinajstić information content (AvgIpc) is 3.34. The number of nitrogens with zero attached hydrogens (tertiary/aromatic N) is 2. The minimum absolute atomic E-state index is 0.283. The van der Waals surface area contributed by atoms with Gasteiger partial charge in [-0.3, -0.25) is 9.59 Å². The molecule has 0 aliphatic heterocycles. The molecule has 1 atom stereocenters. The predicted octanol–water partition coefficient (Wildman–Crippen LogP) is 5.42. The van der Waals surface area contributed by atoms with E-state index < -0.39 is 6.04 Å². The third-order valence-electron chi connectivity index (χ3n) is 4.71. The summed E-state index contributed by atoms with van der Waals surface area (Å²) < 4.78 is 0. The molecule has 1 unspecified atom stereocenters. The van der Waals surface area contributed by atoms with Crippen LogP contribution in [0.4, 0.5) is 5.69 Å². The maximum absolute atomic E-state index is 13.1. The van der Waals surface area contributed by atoms with Gasteiger partial charge in [0.15, 0.2) is 5.16 Å². The normalized spacial score (nSPS) is 11.6. The van der Waals surface area contributed by atoms with Gasteiger partial charge in [-0.25, -0.2) is 9.97 Å². The van der Waals surface area contributed by atoms with Gasteiger partial charge in [-0.1, -0.05) is 36.4 Å². The number of hydrogen-bond acceptors (Lipinski definition) is 6. The topological polar surface area (TPSA) is 84.0 Å². The Bertz CT molecular complexity index is 1220. The fourth-order valence-corrected chi connectivity index (χ4v) is 4.71. The van der Waals surface area contributed by atoms with Crippen molar-refractivity contribution < 1.29 is 9.59 Å². The zero-order chi connectivity index (χ0) is 23.2. The first-order valence-electron chi connectivity index (χ1n) is 10.3. The van der Waals surface area contributed by atoms with Crippen molar-refractivity contribution in [3.63, 3.8) is 0 Å². The molecule has 0 saturated heterocycles. The van der Waals surface area contributed by atoms with Crippen molar-refractivity contribution in [3.8, 4) is 0 Å². The Morgan fingerprint density at radius 1 is 0.909 bits per heavy atom. The molecule has 2 amide bonds. The Hall–Kier alpha value is -3.49. The first kappa shape index (κ1) is 22.7. The van der Waals surface area contributed by atoms with Gasteiger partial charge in [-0.15, -0.1) is 11.3 Å². The molecule has 2 aromatic carbocycles. The van der Waals surface area contributed by atoms with Gasteiger partial charge in [-0.2, -0.15) is 0 Å². The first-order chi connectivity index (χ1) is 16.0. The number of aryl methyl sites for hydroxylation is 2. The summed E-state index contributed by atoms with van der Waals surface area (Å²) in [5.41, 5.74) is 3.19. The molecule has 0 saturated carbocycles. The number of rotatable bonds is 7. The standard InChI is InChI=1S/C25H22N4O2S2/c1-16-15-17(2)27-25(26-16)33-20-12-10-19(11-13-20)28-24(31)22(18-7-4-3-5-8-18)29-23(30)21-9-6-14-32-21/h3-15,22H,1-2H3,(H,28,31)(H,29,30). The summed E-state index contributed by atoms with van der Waals surface area (Å²) in [5.74, 6) is -0.599. The number of anilines is 1. The molecule has 2 aromatic heterocycles. The number of benzene rings is 2. The van der Waals surface area contributed by atoms with Crippen LogP contribution in [-0.4, -0.2) is 21.8 Å². The van der Waals surface area contributed by atoms with E-state index in [-0.39, 0.29) is 11.8 Å². The van der Waals surface area contributed by atoms with Crippen LogP contribution in [0.3, 0.4) is 0 Å². The molecule has 0 radical (unpaired) electrons. The number of carbonyl (C=O) groups excluding carboxylic acids is 2. The van der Waals surface area contributed by atoms with Crippen LogP contribution < -0.4 is 10.6 Å². The lowest BCUT2D eigenvalue weighted by Crippen LogP contribution is -2.36. The largest absolute Gasteiger partial charge is 0.336 e. The second kappa shape index (κ2) is 10.4. The highest BCUT2D eigenvalue weighted by atomic mass is 32.2. The lowest BCUT2D eigenvalue weighted by molar-refractivity contribution is -0.118. The molecule has 4 aromatic rings. The SMILES string of the molecule is Cc1cc(C)nc(Sc2ccc(NC(=O)C(NC(=O)c3cccs3)c3ccccc3)cc2)n1. The van der Waals surface area contributed by atoms with E-state index in [9.17, 15) is 9.59 Å². The van der Waals surface area contributed by atoms with Crippen LogP contribution in [0.5, 0.6) is 0 Å². The van der Waals surface area contributed by atoms with Crippen molar-refractivity contribution in [2.75, 3.05) is 5.32 Å². The number of nitrogens with one attached hydrogen (secondary N) is 2. The molecule has 0 bridgehead atoms. The molecule has 4 rings (SSSR count). The lowest BCUT2D eigenvalue weighted by atomic mass is 10.1. The van der Waals surface area contributed by atoms with E-state index in [1.54, 1.807) is 12.1 Å². The van der Waals surface area contributed by atoms with E-state index in [0.29, 0.717) is 21.3 Å². The van der Waals surface area contributed by atoms with Crippen molar-refractivity contribution in [2.45, 2.75) is 29.9 Å². The molecule has 0 aliphatic carbocycles. The van der Waals surface area contributed by atoms with Gasteiger partial charge in [-0.05, 0) is 73.0 Å². The second-order valence-electron chi connectivity index (χ2n) is 7.34. The van der Waals surface area contributed by atoms with Crippen LogP contribution in [-0.2, 0) is 4.79 Å². The number of amides is 2. The third-order valence-corrected chi connectivity index (χ3v) is 6.45. The summed E-state index contributed by atoms with van der Waals surface area (Å²) in [6.45, 7) is 3.88. The second-order valence-corrected chi connectivity index (χ2v) is 9.33. The minimum Gasteiger partial charge on any atom is -0.336 e. The zero-order valence-electron chi connectivity index (χ0n) is 18.1. The minimum atomic E-state index is -0.821. The Morgan fingerprint density at radius 3 is 2.24 bits per heavy atom. The number of hydrogen-bond donors (Lipinski definition) is 2. The highest BCUT2D eigenvalue weighted by Crippen LogP contribution is 2.27. The molecular weight excluding hydrogens is 452 g/mol. The van der Waals surface area contributed by atoms with Crippen molar-refractivity contribution >= 4 is 40.6 Å². The van der Waals surface area contributed by atoms with Crippen molar-refractivity contribution in [1.82, 2.24) is 15.3 Å². The summed E-state index contributed by atoms with van der Waals surface area (Å²) in [6.07, 6.45) is 0. The Labute approximate surface area is 200 Å². The molecule has 2 N–H and O–H groups in total. The average molecular weight is 475 g/mol. The van der Waals surface area contributed by atoms with E-state index >= 15 is 0 Å². The van der Waals surface area contributed by atoms with Crippen molar-refractivity contribution in [1.29, 1.82) is 0 Å². The number of aromatic nitrogens is 2. The monoisotopic (exact) mass is 474 g/mol. The molecule has 2 heterocycles. The van der Waals surface area contributed by atoms with E-state index in [0.717, 1.165) is 16.3 Å². The summed E-state index contributed by atoms with van der Waals surface area (Å²) in [7, 11) is 0.